The fraction of sp³-hybridized carbons (Fsp3) is 0.400. The third kappa shape index (κ3) is 1.92. The number of ether oxygens (including phenoxy) is 1. The Balaban J connectivity index is 2.44. The van der Waals surface area contributed by atoms with Gasteiger partial charge in [-0.1, -0.05) is 0 Å². The molecule has 0 radical (unpaired) electrons. The van der Waals surface area contributed by atoms with Crippen LogP contribution in [0.15, 0.2) is 18.2 Å². The van der Waals surface area contributed by atoms with E-state index in [1.165, 1.54) is 6.07 Å². The van der Waals surface area contributed by atoms with Gasteiger partial charge in [-0.3, -0.25) is 0 Å². The molecule has 0 aliphatic carbocycles. The van der Waals surface area contributed by atoms with Crippen molar-refractivity contribution in [2.24, 2.45) is 5.73 Å². The van der Waals surface area contributed by atoms with Gasteiger partial charge in [-0.05, 0) is 18.2 Å². The van der Waals surface area contributed by atoms with Crippen LogP contribution in [0.2, 0.25) is 0 Å². The third-order valence-electron chi connectivity index (χ3n) is 2.42. The summed E-state index contributed by atoms with van der Waals surface area (Å²) in [5, 5.41) is 0. The molecule has 82 valence electrons. The standard InChI is InChI=1S/C10H10F3NO/c11-10(12,13)6-1-2-9-7(5-6)8(14)3-4-15-9/h1-2,5,8H,3-4,14H2. The molecular weight excluding hydrogens is 207 g/mol. The highest BCUT2D eigenvalue weighted by molar-refractivity contribution is 5.41. The Kier molecular flexibility index (Phi) is 2.34. The highest BCUT2D eigenvalue weighted by atomic mass is 19.4. The zero-order valence-corrected chi connectivity index (χ0v) is 7.84. The van der Waals surface area contributed by atoms with Crippen molar-refractivity contribution in [3.8, 4) is 5.75 Å². The lowest BCUT2D eigenvalue weighted by Crippen LogP contribution is -2.21. The number of halogens is 3. The van der Waals surface area contributed by atoms with Crippen LogP contribution in [0.25, 0.3) is 0 Å². The number of hydrogen-bond acceptors (Lipinski definition) is 2. The van der Waals surface area contributed by atoms with E-state index in [1.807, 2.05) is 0 Å². The van der Waals surface area contributed by atoms with Crippen LogP contribution in [0.1, 0.15) is 23.6 Å². The van der Waals surface area contributed by atoms with Crippen LogP contribution in [-0.2, 0) is 6.18 Å². The molecule has 0 bridgehead atoms. The summed E-state index contributed by atoms with van der Waals surface area (Å²) in [6.07, 6.45) is -3.78. The summed E-state index contributed by atoms with van der Waals surface area (Å²) in [6, 6.07) is 3.05. The molecule has 0 spiro atoms. The number of nitrogens with two attached hydrogens (primary N) is 1. The molecule has 1 unspecified atom stereocenters. The first-order valence-electron chi connectivity index (χ1n) is 4.58. The molecule has 2 nitrogen and oxygen atoms in total. The van der Waals surface area contributed by atoms with Gasteiger partial charge in [0.05, 0.1) is 12.2 Å². The monoisotopic (exact) mass is 217 g/mol. The molecule has 15 heavy (non-hydrogen) atoms. The quantitative estimate of drug-likeness (QED) is 0.724. The maximum atomic E-state index is 12.4. The molecule has 1 aliphatic heterocycles. The first kappa shape index (κ1) is 10.3. The van der Waals surface area contributed by atoms with Crippen LogP contribution in [-0.4, -0.2) is 6.61 Å². The predicted molar refractivity (Wildman–Crippen MR) is 48.5 cm³/mol. The molecule has 2 rings (SSSR count). The summed E-state index contributed by atoms with van der Waals surface area (Å²) in [4.78, 5) is 0. The van der Waals surface area contributed by atoms with E-state index >= 15 is 0 Å². The van der Waals surface area contributed by atoms with E-state index in [0.29, 0.717) is 24.3 Å². The average molecular weight is 217 g/mol. The second-order valence-electron chi connectivity index (χ2n) is 3.49. The Morgan fingerprint density at radius 1 is 1.33 bits per heavy atom. The highest BCUT2D eigenvalue weighted by Gasteiger charge is 2.32. The average Bonchev–Trinajstić information content (AvgIpc) is 2.16. The molecule has 0 saturated carbocycles. The zero-order chi connectivity index (χ0) is 11.1. The lowest BCUT2D eigenvalue weighted by Gasteiger charge is -2.23. The van der Waals surface area contributed by atoms with Crippen molar-refractivity contribution in [2.75, 3.05) is 6.61 Å². The fourth-order valence-electron chi connectivity index (χ4n) is 1.60. The Hall–Kier alpha value is -1.23. The summed E-state index contributed by atoms with van der Waals surface area (Å²) < 4.78 is 42.4. The van der Waals surface area contributed by atoms with Gasteiger partial charge in [0.15, 0.2) is 0 Å². The van der Waals surface area contributed by atoms with Crippen molar-refractivity contribution in [3.63, 3.8) is 0 Å². The third-order valence-corrected chi connectivity index (χ3v) is 2.42. The van der Waals surface area contributed by atoms with E-state index in [2.05, 4.69) is 0 Å². The maximum Gasteiger partial charge on any atom is 0.416 e. The Morgan fingerprint density at radius 2 is 2.07 bits per heavy atom. The minimum absolute atomic E-state index is 0.365. The second kappa shape index (κ2) is 3.41. The van der Waals surface area contributed by atoms with E-state index in [0.717, 1.165) is 12.1 Å². The smallest absolute Gasteiger partial charge is 0.416 e. The van der Waals surface area contributed by atoms with Gasteiger partial charge < -0.3 is 10.5 Å². The Bertz CT molecular complexity index is 375. The second-order valence-corrected chi connectivity index (χ2v) is 3.49. The molecule has 5 heteroatoms. The van der Waals surface area contributed by atoms with Crippen LogP contribution >= 0.6 is 0 Å². The molecule has 1 aromatic carbocycles. The minimum atomic E-state index is -4.33. The lowest BCUT2D eigenvalue weighted by molar-refractivity contribution is -0.137. The van der Waals surface area contributed by atoms with Gasteiger partial charge >= 0.3 is 6.18 Å². The van der Waals surface area contributed by atoms with Gasteiger partial charge in [-0.15, -0.1) is 0 Å². The molecule has 0 fully saturated rings. The maximum absolute atomic E-state index is 12.4. The Morgan fingerprint density at radius 3 is 2.73 bits per heavy atom. The SMILES string of the molecule is NC1CCOc2ccc(C(F)(F)F)cc21. The molecule has 1 aromatic rings. The predicted octanol–water partition coefficient (Wildman–Crippen LogP) is 2.49. The van der Waals surface area contributed by atoms with Crippen LogP contribution in [0.5, 0.6) is 5.75 Å². The molecule has 0 amide bonds. The van der Waals surface area contributed by atoms with Crippen molar-refractivity contribution in [1.29, 1.82) is 0 Å². The summed E-state index contributed by atoms with van der Waals surface area (Å²) in [7, 11) is 0. The highest BCUT2D eigenvalue weighted by Crippen LogP contribution is 2.36. The largest absolute Gasteiger partial charge is 0.493 e. The van der Waals surface area contributed by atoms with Gasteiger partial charge in [-0.25, -0.2) is 0 Å². The van der Waals surface area contributed by atoms with Crippen LogP contribution in [0.4, 0.5) is 13.2 Å². The molecule has 1 aliphatic rings. The minimum Gasteiger partial charge on any atom is -0.493 e. The summed E-state index contributed by atoms with van der Waals surface area (Å²) >= 11 is 0. The summed E-state index contributed by atoms with van der Waals surface area (Å²) in [5.41, 5.74) is 5.47. The van der Waals surface area contributed by atoms with Crippen LogP contribution in [0, 0.1) is 0 Å². The normalized spacial score (nSPS) is 20.7. The number of rotatable bonds is 0. The van der Waals surface area contributed by atoms with E-state index in [9.17, 15) is 13.2 Å². The molecule has 2 N–H and O–H groups in total. The molecule has 0 saturated heterocycles. The van der Waals surface area contributed by atoms with Gasteiger partial charge in [0.25, 0.3) is 0 Å². The Labute approximate surface area is 84.8 Å². The summed E-state index contributed by atoms with van der Waals surface area (Å²) in [6.45, 7) is 0.458. The van der Waals surface area contributed by atoms with Crippen LogP contribution < -0.4 is 10.5 Å². The number of hydrogen-bond donors (Lipinski definition) is 1. The molecule has 0 aromatic heterocycles. The van der Waals surface area contributed by atoms with Gasteiger partial charge in [0, 0.05) is 18.0 Å². The molecule has 1 atom stereocenters. The first-order valence-corrected chi connectivity index (χ1v) is 4.58. The van der Waals surface area contributed by atoms with Crippen molar-refractivity contribution in [1.82, 2.24) is 0 Å². The first-order chi connectivity index (χ1) is 6.98. The number of benzene rings is 1. The lowest BCUT2D eigenvalue weighted by atomic mass is 9.99. The van der Waals surface area contributed by atoms with Crippen LogP contribution in [0.3, 0.4) is 0 Å². The number of alkyl halides is 3. The van der Waals surface area contributed by atoms with E-state index < -0.39 is 11.7 Å². The zero-order valence-electron chi connectivity index (χ0n) is 7.84. The van der Waals surface area contributed by atoms with Crippen molar-refractivity contribution < 1.29 is 17.9 Å². The molecule has 1 heterocycles. The topological polar surface area (TPSA) is 35.2 Å². The van der Waals surface area contributed by atoms with E-state index in [1.54, 1.807) is 0 Å². The van der Waals surface area contributed by atoms with Gasteiger partial charge in [-0.2, -0.15) is 13.2 Å². The van der Waals surface area contributed by atoms with Gasteiger partial charge in [0.1, 0.15) is 5.75 Å². The van der Waals surface area contributed by atoms with E-state index in [4.69, 9.17) is 10.5 Å². The van der Waals surface area contributed by atoms with Crippen molar-refractivity contribution >= 4 is 0 Å². The van der Waals surface area contributed by atoms with Gasteiger partial charge in [0.2, 0.25) is 0 Å². The van der Waals surface area contributed by atoms with Crippen molar-refractivity contribution in [3.05, 3.63) is 29.3 Å². The number of fused-ring (bicyclic) bond motifs is 1. The summed E-state index contributed by atoms with van der Waals surface area (Å²) in [5.74, 6) is 0.460. The van der Waals surface area contributed by atoms with E-state index in [-0.39, 0.29) is 6.04 Å². The van der Waals surface area contributed by atoms with Crippen molar-refractivity contribution in [2.45, 2.75) is 18.6 Å². The fourth-order valence-corrected chi connectivity index (χ4v) is 1.60. The molecular formula is C10H10F3NO.